The van der Waals surface area contributed by atoms with Crippen LogP contribution in [-0.4, -0.2) is 43.3 Å². The average Bonchev–Trinajstić information content (AvgIpc) is 2.62. The maximum atomic E-state index is 6.72. The molecule has 1 saturated carbocycles. The largest absolute Gasteiger partial charge is 0.377 e. The van der Waals surface area contributed by atoms with Crippen LogP contribution in [0.2, 0.25) is 0 Å². The SMILES string of the molecule is CC(C)CN(C)CC1(N)C2CCOC2C1(C)C. The van der Waals surface area contributed by atoms with Crippen LogP contribution < -0.4 is 5.73 Å². The summed E-state index contributed by atoms with van der Waals surface area (Å²) in [5.74, 6) is 1.26. The lowest BCUT2D eigenvalue weighted by Crippen LogP contribution is -2.78. The van der Waals surface area contributed by atoms with Crippen molar-refractivity contribution in [3.05, 3.63) is 0 Å². The molecule has 0 aromatic carbocycles. The minimum absolute atomic E-state index is 0.0716. The standard InChI is InChI=1S/C14H28N2O/c1-10(2)8-16(5)9-14(15)11-6-7-17-12(11)13(14,3)4/h10-12H,6-9,15H2,1-5H3. The molecule has 0 aromatic heterocycles. The number of hydrogen-bond acceptors (Lipinski definition) is 3. The summed E-state index contributed by atoms with van der Waals surface area (Å²) in [5, 5.41) is 0. The van der Waals surface area contributed by atoms with Crippen LogP contribution in [0.3, 0.4) is 0 Å². The van der Waals surface area contributed by atoms with Crippen molar-refractivity contribution in [2.75, 3.05) is 26.7 Å². The fourth-order valence-electron chi connectivity index (χ4n) is 3.93. The van der Waals surface area contributed by atoms with Crippen LogP contribution in [0.15, 0.2) is 0 Å². The molecule has 1 saturated heterocycles. The third-order valence-electron chi connectivity index (χ3n) is 4.87. The second-order valence-electron chi connectivity index (χ2n) is 7.04. The Bertz CT molecular complexity index is 290. The van der Waals surface area contributed by atoms with Gasteiger partial charge in [-0.05, 0) is 19.4 Å². The van der Waals surface area contributed by atoms with Crippen LogP contribution in [-0.2, 0) is 4.74 Å². The molecule has 0 radical (unpaired) electrons. The monoisotopic (exact) mass is 240 g/mol. The minimum atomic E-state index is -0.0716. The van der Waals surface area contributed by atoms with Crippen molar-refractivity contribution in [3.8, 4) is 0 Å². The molecular weight excluding hydrogens is 212 g/mol. The maximum Gasteiger partial charge on any atom is 0.0691 e. The second-order valence-corrected chi connectivity index (χ2v) is 7.04. The molecule has 2 rings (SSSR count). The van der Waals surface area contributed by atoms with E-state index < -0.39 is 0 Å². The number of nitrogens with two attached hydrogens (primary N) is 1. The van der Waals surface area contributed by atoms with Gasteiger partial charge >= 0.3 is 0 Å². The number of fused-ring (bicyclic) bond motifs is 1. The van der Waals surface area contributed by atoms with Crippen LogP contribution in [0.4, 0.5) is 0 Å². The van der Waals surface area contributed by atoms with Crippen molar-refractivity contribution >= 4 is 0 Å². The first-order chi connectivity index (χ1) is 7.79. The van der Waals surface area contributed by atoms with Gasteiger partial charge in [-0.25, -0.2) is 0 Å². The summed E-state index contributed by atoms with van der Waals surface area (Å²) < 4.78 is 5.83. The van der Waals surface area contributed by atoms with Crippen molar-refractivity contribution in [3.63, 3.8) is 0 Å². The molecule has 0 amide bonds. The number of nitrogens with zero attached hydrogens (tertiary/aromatic N) is 1. The minimum Gasteiger partial charge on any atom is -0.377 e. The van der Waals surface area contributed by atoms with Crippen LogP contribution in [0.5, 0.6) is 0 Å². The van der Waals surface area contributed by atoms with Gasteiger partial charge in [0.2, 0.25) is 0 Å². The van der Waals surface area contributed by atoms with Gasteiger partial charge in [-0.15, -0.1) is 0 Å². The van der Waals surface area contributed by atoms with Gasteiger partial charge in [-0.1, -0.05) is 27.7 Å². The van der Waals surface area contributed by atoms with Gasteiger partial charge in [0, 0.05) is 36.6 Å². The normalized spacial score (nSPS) is 39.5. The quantitative estimate of drug-likeness (QED) is 0.813. The molecule has 1 aliphatic carbocycles. The van der Waals surface area contributed by atoms with E-state index in [9.17, 15) is 0 Å². The van der Waals surface area contributed by atoms with E-state index in [0.29, 0.717) is 17.9 Å². The molecule has 17 heavy (non-hydrogen) atoms. The zero-order chi connectivity index (χ0) is 12.8. The lowest BCUT2D eigenvalue weighted by molar-refractivity contribution is -0.162. The van der Waals surface area contributed by atoms with Crippen LogP contribution >= 0.6 is 0 Å². The topological polar surface area (TPSA) is 38.5 Å². The average molecular weight is 240 g/mol. The van der Waals surface area contributed by atoms with Gasteiger partial charge in [-0.2, -0.15) is 0 Å². The summed E-state index contributed by atoms with van der Waals surface area (Å²) in [5.41, 5.74) is 6.76. The molecule has 0 bridgehead atoms. The van der Waals surface area contributed by atoms with E-state index in [1.54, 1.807) is 0 Å². The predicted molar refractivity (Wildman–Crippen MR) is 70.9 cm³/mol. The summed E-state index contributed by atoms with van der Waals surface area (Å²) in [4.78, 5) is 2.39. The fraction of sp³-hybridized carbons (Fsp3) is 1.00. The van der Waals surface area contributed by atoms with Gasteiger partial charge in [0.15, 0.2) is 0 Å². The Balaban J connectivity index is 2.03. The molecule has 1 heterocycles. The summed E-state index contributed by atoms with van der Waals surface area (Å²) in [7, 11) is 2.19. The van der Waals surface area contributed by atoms with Crippen LogP contribution in [0, 0.1) is 17.3 Å². The maximum absolute atomic E-state index is 6.72. The highest BCUT2D eigenvalue weighted by Gasteiger charge is 2.67. The Labute approximate surface area is 106 Å². The smallest absolute Gasteiger partial charge is 0.0691 e. The highest BCUT2D eigenvalue weighted by Crippen LogP contribution is 2.58. The van der Waals surface area contributed by atoms with Gasteiger partial charge in [0.1, 0.15) is 0 Å². The van der Waals surface area contributed by atoms with E-state index in [2.05, 4.69) is 39.6 Å². The van der Waals surface area contributed by atoms with Gasteiger partial charge in [0.25, 0.3) is 0 Å². The molecular formula is C14H28N2O. The number of rotatable bonds is 4. The van der Waals surface area contributed by atoms with E-state index in [-0.39, 0.29) is 11.0 Å². The van der Waals surface area contributed by atoms with Crippen LogP contribution in [0.25, 0.3) is 0 Å². The Morgan fingerprint density at radius 1 is 1.41 bits per heavy atom. The second kappa shape index (κ2) is 4.22. The predicted octanol–water partition coefficient (Wildman–Crippen LogP) is 1.72. The van der Waals surface area contributed by atoms with Crippen molar-refractivity contribution < 1.29 is 4.74 Å². The highest BCUT2D eigenvalue weighted by atomic mass is 16.5. The molecule has 3 unspecified atom stereocenters. The van der Waals surface area contributed by atoms with Crippen molar-refractivity contribution in [1.82, 2.24) is 4.90 Å². The van der Waals surface area contributed by atoms with Gasteiger partial charge in [0.05, 0.1) is 6.10 Å². The molecule has 2 fully saturated rings. The Morgan fingerprint density at radius 2 is 2.06 bits per heavy atom. The molecule has 0 spiro atoms. The zero-order valence-corrected chi connectivity index (χ0v) is 12.0. The fourth-order valence-corrected chi connectivity index (χ4v) is 3.93. The molecule has 3 atom stereocenters. The van der Waals surface area contributed by atoms with E-state index in [4.69, 9.17) is 10.5 Å². The van der Waals surface area contributed by atoms with Crippen molar-refractivity contribution in [2.24, 2.45) is 23.0 Å². The number of ether oxygens (including phenoxy) is 1. The summed E-state index contributed by atoms with van der Waals surface area (Å²) >= 11 is 0. The summed E-state index contributed by atoms with van der Waals surface area (Å²) in [6.45, 7) is 12.0. The lowest BCUT2D eigenvalue weighted by atomic mass is 9.48. The van der Waals surface area contributed by atoms with E-state index >= 15 is 0 Å². The molecule has 3 nitrogen and oxygen atoms in total. The first-order valence-corrected chi connectivity index (χ1v) is 6.88. The van der Waals surface area contributed by atoms with Gasteiger partial charge < -0.3 is 15.4 Å². The Hall–Kier alpha value is -0.120. The molecule has 100 valence electrons. The van der Waals surface area contributed by atoms with E-state index in [1.165, 1.54) is 0 Å². The molecule has 2 aliphatic rings. The zero-order valence-electron chi connectivity index (χ0n) is 12.0. The first-order valence-electron chi connectivity index (χ1n) is 6.88. The third kappa shape index (κ3) is 1.92. The van der Waals surface area contributed by atoms with E-state index in [0.717, 1.165) is 26.1 Å². The third-order valence-corrected chi connectivity index (χ3v) is 4.87. The van der Waals surface area contributed by atoms with Crippen molar-refractivity contribution in [2.45, 2.75) is 45.8 Å². The number of likely N-dealkylation sites (N-methyl/N-ethyl adjacent to an activating group) is 1. The molecule has 0 aromatic rings. The molecule has 3 heteroatoms. The highest BCUT2D eigenvalue weighted by molar-refractivity contribution is 5.21. The van der Waals surface area contributed by atoms with Gasteiger partial charge in [-0.3, -0.25) is 0 Å². The van der Waals surface area contributed by atoms with Crippen LogP contribution in [0.1, 0.15) is 34.1 Å². The molecule has 2 N–H and O–H groups in total. The summed E-state index contributed by atoms with van der Waals surface area (Å²) in [6, 6.07) is 0. The first kappa shape index (κ1) is 13.3. The molecule has 1 aliphatic heterocycles. The van der Waals surface area contributed by atoms with Crippen molar-refractivity contribution in [1.29, 1.82) is 0 Å². The number of hydrogen-bond donors (Lipinski definition) is 1. The lowest BCUT2D eigenvalue weighted by Gasteiger charge is -2.63. The Morgan fingerprint density at radius 3 is 2.65 bits per heavy atom. The van der Waals surface area contributed by atoms with E-state index in [1.807, 2.05) is 0 Å². The Kier molecular flexibility index (Phi) is 3.30. The summed E-state index contributed by atoms with van der Waals surface area (Å²) in [6.07, 6.45) is 1.53.